The van der Waals surface area contributed by atoms with Crippen LogP contribution in [-0.4, -0.2) is 50.3 Å². The van der Waals surface area contributed by atoms with Gasteiger partial charge >= 0.3 is 0 Å². The minimum Gasteiger partial charge on any atom is -0.325 e. The second-order valence-electron chi connectivity index (χ2n) is 2.87. The van der Waals surface area contributed by atoms with E-state index in [9.17, 15) is 8.42 Å². The Balaban J connectivity index is 2.62. The summed E-state index contributed by atoms with van der Waals surface area (Å²) in [5.74, 6) is 0. The molecule has 1 fully saturated rings. The molecule has 0 amide bonds. The number of hydrogen-bond donors (Lipinski definition) is 1. The van der Waals surface area contributed by atoms with Crippen LogP contribution in [0.4, 0.5) is 0 Å². The first-order valence-electron chi connectivity index (χ1n) is 3.38. The summed E-state index contributed by atoms with van der Waals surface area (Å²) in [7, 11) is -0.160. The predicted molar refractivity (Wildman–Crippen MR) is 42.2 cm³/mol. The Bertz CT molecular complexity index is 230. The van der Waals surface area contributed by atoms with E-state index in [1.165, 1.54) is 22.7 Å². The van der Waals surface area contributed by atoms with Crippen LogP contribution in [0.5, 0.6) is 0 Å². The first kappa shape index (κ1) is 8.92. The van der Waals surface area contributed by atoms with Crippen molar-refractivity contribution < 1.29 is 8.42 Å². The zero-order valence-electron chi connectivity index (χ0n) is 6.69. The molecule has 2 N–H and O–H groups in total. The molecule has 66 valence electrons. The molecule has 0 aromatic carbocycles. The fourth-order valence-corrected chi connectivity index (χ4v) is 2.11. The van der Waals surface area contributed by atoms with E-state index in [4.69, 9.17) is 5.73 Å². The van der Waals surface area contributed by atoms with E-state index >= 15 is 0 Å². The third-order valence-electron chi connectivity index (χ3n) is 1.66. The molecule has 1 aliphatic rings. The van der Waals surface area contributed by atoms with Gasteiger partial charge < -0.3 is 5.73 Å². The monoisotopic (exact) mass is 179 g/mol. The molecular weight excluding hydrogens is 166 g/mol. The smallest absolute Gasteiger partial charge is 0.281 e. The lowest BCUT2D eigenvalue weighted by atomic mass is 10.2. The van der Waals surface area contributed by atoms with Crippen LogP contribution >= 0.6 is 0 Å². The third kappa shape index (κ3) is 1.53. The summed E-state index contributed by atoms with van der Waals surface area (Å²) < 4.78 is 25.1. The molecule has 0 radical (unpaired) electrons. The summed E-state index contributed by atoms with van der Waals surface area (Å²) in [4.78, 5) is 0. The van der Waals surface area contributed by atoms with Gasteiger partial charge in [-0.25, -0.2) is 0 Å². The highest BCUT2D eigenvalue weighted by atomic mass is 32.2. The highest BCUT2D eigenvalue weighted by molar-refractivity contribution is 7.86. The summed E-state index contributed by atoms with van der Waals surface area (Å²) in [6.07, 6.45) is 0. The number of rotatable bonds is 2. The molecule has 0 atom stereocenters. The Morgan fingerprint density at radius 2 is 1.91 bits per heavy atom. The van der Waals surface area contributed by atoms with Crippen LogP contribution in [0.25, 0.3) is 0 Å². The highest BCUT2D eigenvalue weighted by Gasteiger charge is 2.34. The summed E-state index contributed by atoms with van der Waals surface area (Å²) in [5, 5.41) is 0. The molecule has 0 aromatic heterocycles. The molecule has 1 saturated heterocycles. The van der Waals surface area contributed by atoms with E-state index in [-0.39, 0.29) is 6.04 Å². The Morgan fingerprint density at radius 1 is 1.45 bits per heavy atom. The first-order chi connectivity index (χ1) is 4.94. The number of nitrogens with zero attached hydrogens (tertiary/aromatic N) is 2. The van der Waals surface area contributed by atoms with E-state index in [0.29, 0.717) is 13.1 Å². The maximum atomic E-state index is 11.3. The lowest BCUT2D eigenvalue weighted by molar-refractivity contribution is 0.251. The molecule has 0 spiro atoms. The van der Waals surface area contributed by atoms with Crippen molar-refractivity contribution in [2.24, 2.45) is 5.73 Å². The Hall–Kier alpha value is -0.170. The van der Waals surface area contributed by atoms with Gasteiger partial charge in [-0.2, -0.15) is 17.0 Å². The zero-order chi connectivity index (χ0) is 8.65. The summed E-state index contributed by atoms with van der Waals surface area (Å²) in [6.45, 7) is 0.890. The van der Waals surface area contributed by atoms with Crippen LogP contribution in [0.3, 0.4) is 0 Å². The Labute approximate surface area is 66.9 Å². The van der Waals surface area contributed by atoms with Crippen LogP contribution in [0.2, 0.25) is 0 Å². The van der Waals surface area contributed by atoms with Gasteiger partial charge in [0.1, 0.15) is 0 Å². The van der Waals surface area contributed by atoms with Crippen LogP contribution < -0.4 is 5.73 Å². The van der Waals surface area contributed by atoms with E-state index in [1.807, 2.05) is 0 Å². The second kappa shape index (κ2) is 2.71. The average Bonchev–Trinajstić information content (AvgIpc) is 1.80. The fourth-order valence-electron chi connectivity index (χ4n) is 0.889. The maximum absolute atomic E-state index is 11.3. The van der Waals surface area contributed by atoms with Gasteiger partial charge in [-0.3, -0.25) is 0 Å². The van der Waals surface area contributed by atoms with Gasteiger partial charge in [0.2, 0.25) is 0 Å². The first-order valence-corrected chi connectivity index (χ1v) is 4.77. The van der Waals surface area contributed by atoms with Crippen molar-refractivity contribution in [1.29, 1.82) is 0 Å². The maximum Gasteiger partial charge on any atom is 0.281 e. The van der Waals surface area contributed by atoms with Gasteiger partial charge in [-0.05, 0) is 0 Å². The summed E-state index contributed by atoms with van der Waals surface area (Å²) in [5.41, 5.74) is 5.44. The Morgan fingerprint density at radius 3 is 2.18 bits per heavy atom. The fraction of sp³-hybridized carbons (Fsp3) is 1.00. The van der Waals surface area contributed by atoms with Crippen molar-refractivity contribution >= 4 is 10.2 Å². The highest BCUT2D eigenvalue weighted by Crippen LogP contribution is 2.12. The van der Waals surface area contributed by atoms with Crippen LogP contribution in [0, 0.1) is 0 Å². The topological polar surface area (TPSA) is 66.6 Å². The molecule has 0 bridgehead atoms. The normalized spacial score (nSPS) is 22.2. The average molecular weight is 179 g/mol. The molecule has 5 nitrogen and oxygen atoms in total. The zero-order valence-corrected chi connectivity index (χ0v) is 7.50. The molecule has 11 heavy (non-hydrogen) atoms. The molecule has 1 heterocycles. The van der Waals surface area contributed by atoms with Gasteiger partial charge in [0.05, 0.1) is 0 Å². The van der Waals surface area contributed by atoms with Crippen molar-refractivity contribution in [3.8, 4) is 0 Å². The standard InChI is InChI=1S/C5H13N3O2S/c1-7(2)11(9,10)8-3-5(6)4-8/h5H,3-4,6H2,1-2H3. The minimum atomic E-state index is -3.19. The molecular formula is C5H13N3O2S. The molecule has 0 aliphatic carbocycles. The van der Waals surface area contributed by atoms with Gasteiger partial charge in [-0.15, -0.1) is 0 Å². The van der Waals surface area contributed by atoms with E-state index < -0.39 is 10.2 Å². The van der Waals surface area contributed by atoms with Crippen molar-refractivity contribution in [3.05, 3.63) is 0 Å². The van der Waals surface area contributed by atoms with E-state index in [0.717, 1.165) is 0 Å². The molecule has 1 aliphatic heterocycles. The van der Waals surface area contributed by atoms with E-state index in [1.54, 1.807) is 0 Å². The Kier molecular flexibility index (Phi) is 2.19. The molecule has 0 unspecified atom stereocenters. The third-order valence-corrected chi connectivity index (χ3v) is 3.54. The quantitative estimate of drug-likeness (QED) is 0.557. The van der Waals surface area contributed by atoms with Crippen molar-refractivity contribution in [3.63, 3.8) is 0 Å². The van der Waals surface area contributed by atoms with Crippen LogP contribution in [0.15, 0.2) is 0 Å². The number of nitrogens with two attached hydrogens (primary N) is 1. The van der Waals surface area contributed by atoms with Gasteiger partial charge in [0.15, 0.2) is 0 Å². The second-order valence-corrected chi connectivity index (χ2v) is 5.01. The summed E-state index contributed by atoms with van der Waals surface area (Å²) in [6, 6.07) is 0.0183. The van der Waals surface area contributed by atoms with Crippen molar-refractivity contribution in [2.45, 2.75) is 6.04 Å². The predicted octanol–water partition coefficient (Wildman–Crippen LogP) is -1.56. The van der Waals surface area contributed by atoms with Crippen LogP contribution in [-0.2, 0) is 10.2 Å². The molecule has 6 heteroatoms. The summed E-state index contributed by atoms with van der Waals surface area (Å²) >= 11 is 0. The van der Waals surface area contributed by atoms with Gasteiger partial charge in [-0.1, -0.05) is 0 Å². The lowest BCUT2D eigenvalue weighted by Gasteiger charge is -2.36. The number of hydrogen-bond acceptors (Lipinski definition) is 3. The van der Waals surface area contributed by atoms with Crippen molar-refractivity contribution in [1.82, 2.24) is 8.61 Å². The molecule has 0 saturated carbocycles. The van der Waals surface area contributed by atoms with Gasteiger partial charge in [0, 0.05) is 33.2 Å². The van der Waals surface area contributed by atoms with Crippen LogP contribution in [0.1, 0.15) is 0 Å². The largest absolute Gasteiger partial charge is 0.325 e. The van der Waals surface area contributed by atoms with E-state index in [2.05, 4.69) is 0 Å². The lowest BCUT2D eigenvalue weighted by Crippen LogP contribution is -2.60. The van der Waals surface area contributed by atoms with Gasteiger partial charge in [0.25, 0.3) is 10.2 Å². The SMILES string of the molecule is CN(C)S(=O)(=O)N1CC(N)C1. The molecule has 0 aromatic rings. The molecule has 1 rings (SSSR count). The van der Waals surface area contributed by atoms with Crippen molar-refractivity contribution in [2.75, 3.05) is 27.2 Å². The minimum absolute atomic E-state index is 0.0183.